The zero-order chi connectivity index (χ0) is 9.84. The van der Waals surface area contributed by atoms with Gasteiger partial charge < -0.3 is 9.15 Å². The Kier molecular flexibility index (Phi) is 2.88. The molecule has 0 radical (unpaired) electrons. The molecular weight excluding hydrogens is 186 g/mol. The van der Waals surface area contributed by atoms with Crippen molar-refractivity contribution in [1.82, 2.24) is 10.2 Å². The van der Waals surface area contributed by atoms with E-state index in [1.807, 2.05) is 0 Å². The Morgan fingerprint density at radius 3 is 2.77 bits per heavy atom. The van der Waals surface area contributed by atoms with E-state index in [1.165, 1.54) is 0 Å². The fourth-order valence-corrected chi connectivity index (χ4v) is 0.598. The van der Waals surface area contributed by atoms with Gasteiger partial charge in [0.25, 0.3) is 5.89 Å². The number of ether oxygens (including phenoxy) is 1. The quantitative estimate of drug-likeness (QED) is 0.673. The van der Waals surface area contributed by atoms with E-state index in [-0.39, 0.29) is 6.61 Å². The van der Waals surface area contributed by atoms with Crippen molar-refractivity contribution >= 4 is 5.97 Å². The molecule has 0 atom stereocenters. The fourth-order valence-electron chi connectivity index (χ4n) is 0.598. The molecule has 1 heterocycles. The van der Waals surface area contributed by atoms with Gasteiger partial charge in [-0.3, -0.25) is 0 Å². The Bertz CT molecular complexity index is 300. The highest BCUT2D eigenvalue weighted by Gasteiger charge is 2.20. The van der Waals surface area contributed by atoms with Gasteiger partial charge in [0.15, 0.2) is 0 Å². The SMILES string of the molecule is CCOC(=O)c1nnc(C(F)F)o1. The molecule has 0 saturated heterocycles. The number of aromatic nitrogens is 2. The minimum absolute atomic E-state index is 0.116. The average molecular weight is 192 g/mol. The standard InChI is InChI=1S/C6H6F2N2O3/c1-2-12-6(11)5-10-9-4(13-5)3(7)8/h3H,2H2,1H3. The van der Waals surface area contributed by atoms with E-state index in [9.17, 15) is 13.6 Å². The van der Waals surface area contributed by atoms with Crippen LogP contribution in [0.1, 0.15) is 29.9 Å². The maximum atomic E-state index is 11.9. The molecule has 72 valence electrons. The molecule has 0 spiro atoms. The molecule has 0 aromatic carbocycles. The Morgan fingerprint density at radius 2 is 2.31 bits per heavy atom. The van der Waals surface area contributed by atoms with Crippen molar-refractivity contribution in [2.45, 2.75) is 13.3 Å². The molecule has 0 aliphatic carbocycles. The van der Waals surface area contributed by atoms with E-state index >= 15 is 0 Å². The lowest BCUT2D eigenvalue weighted by molar-refractivity contribution is 0.0466. The molecule has 1 rings (SSSR count). The van der Waals surface area contributed by atoms with Gasteiger partial charge in [0.1, 0.15) is 0 Å². The number of rotatable bonds is 3. The number of carbonyl (C=O) groups is 1. The van der Waals surface area contributed by atoms with Crippen LogP contribution in [0, 0.1) is 0 Å². The zero-order valence-corrected chi connectivity index (χ0v) is 6.66. The second-order valence-corrected chi connectivity index (χ2v) is 1.97. The normalized spacial score (nSPS) is 10.5. The smallest absolute Gasteiger partial charge is 0.396 e. The average Bonchev–Trinajstić information content (AvgIpc) is 2.52. The summed E-state index contributed by atoms with van der Waals surface area (Å²) in [6.07, 6.45) is -2.88. The molecule has 0 N–H and O–H groups in total. The van der Waals surface area contributed by atoms with Crippen LogP contribution in [0.25, 0.3) is 0 Å². The van der Waals surface area contributed by atoms with Crippen LogP contribution in [0.3, 0.4) is 0 Å². The van der Waals surface area contributed by atoms with Gasteiger partial charge in [-0.15, -0.1) is 10.2 Å². The van der Waals surface area contributed by atoms with Gasteiger partial charge in [-0.05, 0) is 6.92 Å². The largest absolute Gasteiger partial charge is 0.459 e. The highest BCUT2D eigenvalue weighted by Crippen LogP contribution is 2.16. The van der Waals surface area contributed by atoms with Gasteiger partial charge in [-0.2, -0.15) is 8.78 Å². The van der Waals surface area contributed by atoms with Crippen molar-refractivity contribution in [2.24, 2.45) is 0 Å². The summed E-state index contributed by atoms with van der Waals surface area (Å²) < 4.78 is 32.5. The highest BCUT2D eigenvalue weighted by atomic mass is 19.3. The van der Waals surface area contributed by atoms with Gasteiger partial charge in [0.05, 0.1) is 6.61 Å². The summed E-state index contributed by atoms with van der Waals surface area (Å²) in [6, 6.07) is 0. The van der Waals surface area contributed by atoms with Gasteiger partial charge in [-0.25, -0.2) is 4.79 Å². The van der Waals surface area contributed by atoms with Crippen molar-refractivity contribution in [3.8, 4) is 0 Å². The van der Waals surface area contributed by atoms with Crippen LogP contribution in [0.2, 0.25) is 0 Å². The number of alkyl halides is 2. The summed E-state index contributed by atoms with van der Waals surface area (Å²) in [7, 11) is 0. The summed E-state index contributed by atoms with van der Waals surface area (Å²) in [6.45, 7) is 1.69. The van der Waals surface area contributed by atoms with Crippen molar-refractivity contribution in [3.63, 3.8) is 0 Å². The van der Waals surface area contributed by atoms with Crippen molar-refractivity contribution < 1.29 is 22.7 Å². The molecule has 0 aliphatic rings. The minimum atomic E-state index is -2.88. The first-order valence-electron chi connectivity index (χ1n) is 3.43. The van der Waals surface area contributed by atoms with Crippen molar-refractivity contribution in [1.29, 1.82) is 0 Å². The van der Waals surface area contributed by atoms with Crippen LogP contribution >= 0.6 is 0 Å². The summed E-state index contributed by atoms with van der Waals surface area (Å²) in [5, 5.41) is 6.04. The van der Waals surface area contributed by atoms with E-state index < -0.39 is 24.2 Å². The van der Waals surface area contributed by atoms with Crippen LogP contribution < -0.4 is 0 Å². The zero-order valence-electron chi connectivity index (χ0n) is 6.66. The summed E-state index contributed by atoms with van der Waals surface area (Å²) in [4.78, 5) is 10.8. The molecule has 0 amide bonds. The molecular formula is C6H6F2N2O3. The predicted molar refractivity (Wildman–Crippen MR) is 35.2 cm³/mol. The van der Waals surface area contributed by atoms with Gasteiger partial charge in [0.2, 0.25) is 0 Å². The molecule has 1 aromatic heterocycles. The van der Waals surface area contributed by atoms with Crippen LogP contribution in [0.5, 0.6) is 0 Å². The molecule has 5 nitrogen and oxygen atoms in total. The second-order valence-electron chi connectivity index (χ2n) is 1.97. The van der Waals surface area contributed by atoms with E-state index in [1.54, 1.807) is 6.92 Å². The van der Waals surface area contributed by atoms with E-state index in [0.29, 0.717) is 0 Å². The third-order valence-corrected chi connectivity index (χ3v) is 1.08. The molecule has 0 fully saturated rings. The Morgan fingerprint density at radius 1 is 1.62 bits per heavy atom. The first-order valence-corrected chi connectivity index (χ1v) is 3.43. The monoisotopic (exact) mass is 192 g/mol. The topological polar surface area (TPSA) is 65.2 Å². The summed E-state index contributed by atoms with van der Waals surface area (Å²) in [5.41, 5.74) is 0. The molecule has 0 saturated carbocycles. The number of halogens is 2. The Labute approximate surface area is 71.7 Å². The molecule has 1 aromatic rings. The number of esters is 1. The van der Waals surface area contributed by atoms with Crippen molar-refractivity contribution in [2.75, 3.05) is 6.61 Å². The summed E-state index contributed by atoms with van der Waals surface area (Å²) in [5.74, 6) is -2.35. The lowest BCUT2D eigenvalue weighted by atomic mass is 10.6. The first-order chi connectivity index (χ1) is 6.15. The lowest BCUT2D eigenvalue weighted by Gasteiger charge is -1.94. The predicted octanol–water partition coefficient (Wildman–Crippen LogP) is 1.18. The van der Waals surface area contributed by atoms with E-state index in [4.69, 9.17) is 0 Å². The number of hydrogen-bond acceptors (Lipinski definition) is 5. The maximum Gasteiger partial charge on any atom is 0.396 e. The van der Waals surface area contributed by atoms with Gasteiger partial charge in [0, 0.05) is 0 Å². The van der Waals surface area contributed by atoms with Crippen LogP contribution in [-0.2, 0) is 4.74 Å². The molecule has 0 bridgehead atoms. The van der Waals surface area contributed by atoms with Crippen LogP contribution in [-0.4, -0.2) is 22.8 Å². The summed E-state index contributed by atoms with van der Waals surface area (Å²) >= 11 is 0. The number of hydrogen-bond donors (Lipinski definition) is 0. The third-order valence-electron chi connectivity index (χ3n) is 1.08. The maximum absolute atomic E-state index is 11.9. The van der Waals surface area contributed by atoms with E-state index in [2.05, 4.69) is 19.4 Å². The molecule has 7 heteroatoms. The number of carbonyl (C=O) groups excluding carboxylic acids is 1. The van der Waals surface area contributed by atoms with Crippen LogP contribution in [0.4, 0.5) is 8.78 Å². The fraction of sp³-hybridized carbons (Fsp3) is 0.500. The van der Waals surface area contributed by atoms with E-state index in [0.717, 1.165) is 0 Å². The van der Waals surface area contributed by atoms with Gasteiger partial charge in [-0.1, -0.05) is 0 Å². The van der Waals surface area contributed by atoms with Gasteiger partial charge >= 0.3 is 18.3 Å². The van der Waals surface area contributed by atoms with Crippen molar-refractivity contribution in [3.05, 3.63) is 11.8 Å². The second kappa shape index (κ2) is 3.92. The minimum Gasteiger partial charge on any atom is -0.459 e. The molecule has 0 unspecified atom stereocenters. The third kappa shape index (κ3) is 2.20. The number of nitrogens with zero attached hydrogens (tertiary/aromatic N) is 2. The Balaban J connectivity index is 2.73. The Hall–Kier alpha value is -1.53. The highest BCUT2D eigenvalue weighted by molar-refractivity contribution is 5.83. The molecule has 13 heavy (non-hydrogen) atoms. The van der Waals surface area contributed by atoms with Crippen LogP contribution in [0.15, 0.2) is 4.42 Å². The first kappa shape index (κ1) is 9.56. The molecule has 0 aliphatic heterocycles. The lowest BCUT2D eigenvalue weighted by Crippen LogP contribution is -2.04.